The van der Waals surface area contributed by atoms with Crippen LogP contribution in [-0.2, 0) is 25.6 Å². The van der Waals surface area contributed by atoms with Gasteiger partial charge in [-0.05, 0) is 6.92 Å². The number of aromatic amines is 1. The van der Waals surface area contributed by atoms with Crippen molar-refractivity contribution >= 4 is 23.7 Å². The van der Waals surface area contributed by atoms with Crippen LogP contribution in [0.3, 0.4) is 0 Å². The maximum atomic E-state index is 12.0. The number of carboxylic acid groups (broad SMARTS) is 1. The van der Waals surface area contributed by atoms with Crippen molar-refractivity contribution in [2.75, 3.05) is 13.1 Å². The second kappa shape index (κ2) is 9.25. The smallest absolute Gasteiger partial charge is 0.326 e. The van der Waals surface area contributed by atoms with Crippen LogP contribution in [0, 0.1) is 0 Å². The first-order valence-corrected chi connectivity index (χ1v) is 7.10. The molecule has 0 fully saturated rings. The van der Waals surface area contributed by atoms with Gasteiger partial charge in [0.1, 0.15) is 12.1 Å². The molecule has 3 amide bonds. The molecule has 0 bridgehead atoms. The van der Waals surface area contributed by atoms with E-state index in [2.05, 4.69) is 25.9 Å². The molecule has 11 nitrogen and oxygen atoms in total. The van der Waals surface area contributed by atoms with Crippen LogP contribution in [0.15, 0.2) is 12.5 Å². The number of aromatic nitrogens is 2. The number of carboxylic acids is 1. The summed E-state index contributed by atoms with van der Waals surface area (Å²) in [7, 11) is 0. The lowest BCUT2D eigenvalue weighted by Crippen LogP contribution is -2.52. The number of H-pyrrole nitrogens is 1. The number of aliphatic carboxylic acids is 1. The third kappa shape index (κ3) is 6.44. The minimum absolute atomic E-state index is 0.0221. The van der Waals surface area contributed by atoms with E-state index in [0.717, 1.165) is 0 Å². The molecule has 0 aromatic carbocycles. The molecule has 11 heteroatoms. The van der Waals surface area contributed by atoms with Crippen LogP contribution in [0.25, 0.3) is 0 Å². The Hall–Kier alpha value is -2.95. The summed E-state index contributed by atoms with van der Waals surface area (Å²) in [6.45, 7) is 0.814. The first-order chi connectivity index (χ1) is 11.3. The Morgan fingerprint density at radius 2 is 2.00 bits per heavy atom. The maximum absolute atomic E-state index is 12.0. The van der Waals surface area contributed by atoms with E-state index in [1.54, 1.807) is 0 Å². The highest BCUT2D eigenvalue weighted by Crippen LogP contribution is 1.99. The van der Waals surface area contributed by atoms with Crippen molar-refractivity contribution < 1.29 is 24.3 Å². The third-order valence-corrected chi connectivity index (χ3v) is 3.00. The van der Waals surface area contributed by atoms with Gasteiger partial charge in [-0.25, -0.2) is 9.78 Å². The molecular weight excluding hydrogens is 320 g/mol. The van der Waals surface area contributed by atoms with Crippen LogP contribution in [-0.4, -0.2) is 63.9 Å². The molecule has 0 aliphatic rings. The number of rotatable bonds is 9. The highest BCUT2D eigenvalue weighted by molar-refractivity contribution is 5.91. The summed E-state index contributed by atoms with van der Waals surface area (Å²) in [4.78, 5) is 52.2. The Morgan fingerprint density at radius 1 is 1.29 bits per heavy atom. The lowest BCUT2D eigenvalue weighted by molar-refractivity contribution is -0.142. The molecule has 2 atom stereocenters. The average molecular weight is 340 g/mol. The van der Waals surface area contributed by atoms with Gasteiger partial charge in [0.2, 0.25) is 17.7 Å². The van der Waals surface area contributed by atoms with E-state index in [1.165, 1.54) is 19.4 Å². The summed E-state index contributed by atoms with van der Waals surface area (Å²) in [5.74, 6) is -2.99. The summed E-state index contributed by atoms with van der Waals surface area (Å²) in [5.41, 5.74) is 5.62. The van der Waals surface area contributed by atoms with Crippen molar-refractivity contribution in [2.24, 2.45) is 5.73 Å². The minimum atomic E-state index is -1.22. The Bertz CT molecular complexity index is 588. The lowest BCUT2D eigenvalue weighted by atomic mass is 10.1. The minimum Gasteiger partial charge on any atom is -0.480 e. The predicted octanol–water partition coefficient (Wildman–Crippen LogP) is -2.90. The van der Waals surface area contributed by atoms with Gasteiger partial charge in [-0.15, -0.1) is 0 Å². The van der Waals surface area contributed by atoms with E-state index in [9.17, 15) is 19.2 Å². The van der Waals surface area contributed by atoms with Gasteiger partial charge in [0.25, 0.3) is 0 Å². The van der Waals surface area contributed by atoms with E-state index < -0.39 is 35.8 Å². The fourth-order valence-electron chi connectivity index (χ4n) is 1.72. The van der Waals surface area contributed by atoms with E-state index in [-0.39, 0.29) is 19.5 Å². The van der Waals surface area contributed by atoms with Crippen molar-refractivity contribution in [3.05, 3.63) is 18.2 Å². The fourth-order valence-corrected chi connectivity index (χ4v) is 1.72. The number of carbonyl (C=O) groups is 4. The number of nitrogens with zero attached hydrogens (tertiary/aromatic N) is 1. The molecule has 0 aliphatic heterocycles. The van der Waals surface area contributed by atoms with Gasteiger partial charge in [0, 0.05) is 18.3 Å². The maximum Gasteiger partial charge on any atom is 0.326 e. The highest BCUT2D eigenvalue weighted by atomic mass is 16.4. The Balaban J connectivity index is 2.49. The number of hydrogen-bond acceptors (Lipinski definition) is 6. The first-order valence-electron chi connectivity index (χ1n) is 7.10. The second-order valence-corrected chi connectivity index (χ2v) is 4.95. The summed E-state index contributed by atoms with van der Waals surface area (Å²) < 4.78 is 0. The molecule has 7 N–H and O–H groups in total. The molecule has 0 radical (unpaired) electrons. The van der Waals surface area contributed by atoms with Gasteiger partial charge in [-0.3, -0.25) is 14.4 Å². The molecule has 132 valence electrons. The van der Waals surface area contributed by atoms with Crippen LogP contribution in [0.4, 0.5) is 0 Å². The Kier molecular flexibility index (Phi) is 7.36. The van der Waals surface area contributed by atoms with Crippen molar-refractivity contribution in [3.8, 4) is 0 Å². The van der Waals surface area contributed by atoms with Crippen LogP contribution in [0.5, 0.6) is 0 Å². The van der Waals surface area contributed by atoms with Crippen LogP contribution in [0.2, 0.25) is 0 Å². The van der Waals surface area contributed by atoms with E-state index in [1.807, 2.05) is 0 Å². The standard InChI is InChI=1S/C13H20N6O5/c1-7(18-11(21)5-16-10(20)3-14)12(22)19-9(13(23)24)2-8-4-15-6-17-8/h4,6-7,9H,2-3,5,14H2,1H3,(H,15,17)(H,16,20)(H,18,21)(H,19,22)(H,23,24). The van der Waals surface area contributed by atoms with Crippen molar-refractivity contribution in [2.45, 2.75) is 25.4 Å². The number of imidazole rings is 1. The topological polar surface area (TPSA) is 179 Å². The van der Waals surface area contributed by atoms with Crippen LogP contribution >= 0.6 is 0 Å². The molecule has 0 aliphatic carbocycles. The second-order valence-electron chi connectivity index (χ2n) is 4.95. The summed E-state index contributed by atoms with van der Waals surface area (Å²) in [6, 6.07) is -2.15. The summed E-state index contributed by atoms with van der Waals surface area (Å²) in [6.07, 6.45) is 2.87. The summed E-state index contributed by atoms with van der Waals surface area (Å²) >= 11 is 0. The Labute approximate surface area is 137 Å². The van der Waals surface area contributed by atoms with Gasteiger partial charge in [0.15, 0.2) is 0 Å². The van der Waals surface area contributed by atoms with Crippen molar-refractivity contribution in [3.63, 3.8) is 0 Å². The van der Waals surface area contributed by atoms with Crippen LogP contribution < -0.4 is 21.7 Å². The monoisotopic (exact) mass is 340 g/mol. The van der Waals surface area contributed by atoms with E-state index in [0.29, 0.717) is 5.69 Å². The number of nitrogens with two attached hydrogens (primary N) is 1. The van der Waals surface area contributed by atoms with Gasteiger partial charge >= 0.3 is 5.97 Å². The van der Waals surface area contributed by atoms with Crippen molar-refractivity contribution in [1.82, 2.24) is 25.9 Å². The SMILES string of the molecule is CC(NC(=O)CNC(=O)CN)C(=O)NC(Cc1cnc[nH]1)C(=O)O. The molecule has 0 spiro atoms. The normalized spacial score (nSPS) is 12.8. The summed E-state index contributed by atoms with van der Waals surface area (Å²) in [5, 5.41) is 16.1. The predicted molar refractivity (Wildman–Crippen MR) is 81.5 cm³/mol. The van der Waals surface area contributed by atoms with E-state index >= 15 is 0 Å². The molecule has 2 unspecified atom stereocenters. The Morgan fingerprint density at radius 3 is 2.54 bits per heavy atom. The molecule has 24 heavy (non-hydrogen) atoms. The molecule has 1 aromatic rings. The van der Waals surface area contributed by atoms with Crippen molar-refractivity contribution in [1.29, 1.82) is 0 Å². The number of carbonyl (C=O) groups excluding carboxylic acids is 3. The zero-order valence-electron chi connectivity index (χ0n) is 13.0. The van der Waals surface area contributed by atoms with Gasteiger partial charge < -0.3 is 31.8 Å². The van der Waals surface area contributed by atoms with Gasteiger partial charge in [0.05, 0.1) is 19.4 Å². The van der Waals surface area contributed by atoms with Gasteiger partial charge in [-0.2, -0.15) is 0 Å². The first kappa shape index (κ1) is 19.1. The molecular formula is C13H20N6O5. The molecule has 1 aromatic heterocycles. The molecule has 0 saturated heterocycles. The third-order valence-electron chi connectivity index (χ3n) is 3.00. The average Bonchev–Trinajstić information content (AvgIpc) is 3.04. The molecule has 0 saturated carbocycles. The van der Waals surface area contributed by atoms with E-state index in [4.69, 9.17) is 10.8 Å². The fraction of sp³-hybridized carbons (Fsp3) is 0.462. The highest BCUT2D eigenvalue weighted by Gasteiger charge is 2.24. The molecule has 1 heterocycles. The molecule has 1 rings (SSSR count). The number of hydrogen-bond donors (Lipinski definition) is 6. The largest absolute Gasteiger partial charge is 0.480 e. The number of amides is 3. The lowest BCUT2D eigenvalue weighted by Gasteiger charge is -2.18. The zero-order valence-corrected chi connectivity index (χ0v) is 13.0. The zero-order chi connectivity index (χ0) is 18.1. The van der Waals surface area contributed by atoms with Crippen LogP contribution in [0.1, 0.15) is 12.6 Å². The number of nitrogens with one attached hydrogen (secondary N) is 4. The quantitative estimate of drug-likeness (QED) is 0.279. The van der Waals surface area contributed by atoms with Gasteiger partial charge in [-0.1, -0.05) is 0 Å².